The Hall–Kier alpha value is -2.90. The number of thiazole rings is 1. The van der Waals surface area contributed by atoms with E-state index in [1.165, 1.54) is 16.9 Å². The van der Waals surface area contributed by atoms with E-state index in [9.17, 15) is 4.79 Å². The molecule has 0 saturated carbocycles. The SMILES string of the molecule is CCOc1cccc2cc(C(=O)N(CCN(CC)CC)c3nc4ccc(C)cc4s3)oc12. The smallest absolute Gasteiger partial charge is 0.295 e. The van der Waals surface area contributed by atoms with Crippen molar-refractivity contribution in [2.24, 2.45) is 0 Å². The molecule has 0 N–H and O–H groups in total. The molecule has 168 valence electrons. The number of fused-ring (bicyclic) bond motifs is 2. The highest BCUT2D eigenvalue weighted by atomic mass is 32.1. The summed E-state index contributed by atoms with van der Waals surface area (Å²) < 4.78 is 12.8. The van der Waals surface area contributed by atoms with Crippen LogP contribution in [0.1, 0.15) is 36.9 Å². The fraction of sp³-hybridized carbons (Fsp3) is 0.360. The number of anilines is 1. The highest BCUT2D eigenvalue weighted by molar-refractivity contribution is 7.22. The molecule has 7 heteroatoms. The molecule has 0 spiro atoms. The van der Waals surface area contributed by atoms with Crippen molar-refractivity contribution in [3.05, 3.63) is 53.8 Å². The lowest BCUT2D eigenvalue weighted by molar-refractivity contribution is 0.0959. The summed E-state index contributed by atoms with van der Waals surface area (Å²) in [5.41, 5.74) is 2.68. The number of benzene rings is 2. The monoisotopic (exact) mass is 451 g/mol. The minimum absolute atomic E-state index is 0.188. The van der Waals surface area contributed by atoms with Crippen LogP contribution >= 0.6 is 11.3 Å². The number of para-hydroxylation sites is 1. The van der Waals surface area contributed by atoms with Crippen molar-refractivity contribution in [3.63, 3.8) is 0 Å². The highest BCUT2D eigenvalue weighted by Crippen LogP contribution is 2.33. The largest absolute Gasteiger partial charge is 0.490 e. The van der Waals surface area contributed by atoms with Crippen LogP contribution in [0.25, 0.3) is 21.2 Å². The van der Waals surface area contributed by atoms with Crippen molar-refractivity contribution in [1.29, 1.82) is 0 Å². The van der Waals surface area contributed by atoms with Crippen molar-refractivity contribution in [3.8, 4) is 5.75 Å². The van der Waals surface area contributed by atoms with Crippen molar-refractivity contribution < 1.29 is 13.9 Å². The first-order valence-corrected chi connectivity index (χ1v) is 11.9. The average molecular weight is 452 g/mol. The van der Waals surface area contributed by atoms with Crippen LogP contribution < -0.4 is 9.64 Å². The first-order valence-electron chi connectivity index (χ1n) is 11.1. The fourth-order valence-corrected chi connectivity index (χ4v) is 4.83. The molecule has 0 aliphatic carbocycles. The third-order valence-electron chi connectivity index (χ3n) is 5.56. The summed E-state index contributed by atoms with van der Waals surface area (Å²) in [5.74, 6) is 0.753. The van der Waals surface area contributed by atoms with Gasteiger partial charge in [-0.25, -0.2) is 4.98 Å². The fourth-order valence-electron chi connectivity index (χ4n) is 3.74. The van der Waals surface area contributed by atoms with E-state index in [0.29, 0.717) is 35.4 Å². The molecule has 0 radical (unpaired) electrons. The number of nitrogens with zero attached hydrogens (tertiary/aromatic N) is 3. The van der Waals surface area contributed by atoms with Gasteiger partial charge in [-0.2, -0.15) is 0 Å². The molecule has 0 aliphatic rings. The lowest BCUT2D eigenvalue weighted by Crippen LogP contribution is -2.38. The predicted octanol–water partition coefficient (Wildman–Crippen LogP) is 5.74. The molecular formula is C25H29N3O3S. The van der Waals surface area contributed by atoms with E-state index >= 15 is 0 Å². The van der Waals surface area contributed by atoms with Gasteiger partial charge in [0.25, 0.3) is 5.91 Å². The quantitative estimate of drug-likeness (QED) is 0.325. The molecule has 0 fully saturated rings. The molecule has 0 aliphatic heterocycles. The first-order chi connectivity index (χ1) is 15.5. The van der Waals surface area contributed by atoms with Gasteiger partial charge in [-0.15, -0.1) is 0 Å². The van der Waals surface area contributed by atoms with Gasteiger partial charge in [0, 0.05) is 18.5 Å². The Kier molecular flexibility index (Phi) is 6.77. The third-order valence-corrected chi connectivity index (χ3v) is 6.60. The zero-order chi connectivity index (χ0) is 22.7. The van der Waals surface area contributed by atoms with Gasteiger partial charge in [0.15, 0.2) is 22.2 Å². The van der Waals surface area contributed by atoms with Crippen LogP contribution in [0.3, 0.4) is 0 Å². The number of ether oxygens (including phenoxy) is 1. The van der Waals surface area contributed by atoms with Crippen LogP contribution in [0.2, 0.25) is 0 Å². The second-order valence-corrected chi connectivity index (χ2v) is 8.68. The van der Waals surface area contributed by atoms with Crippen molar-refractivity contribution in [1.82, 2.24) is 9.88 Å². The van der Waals surface area contributed by atoms with Gasteiger partial charge in [-0.05, 0) is 56.8 Å². The number of amides is 1. The van der Waals surface area contributed by atoms with E-state index in [-0.39, 0.29) is 5.91 Å². The zero-order valence-corrected chi connectivity index (χ0v) is 19.9. The predicted molar refractivity (Wildman–Crippen MR) is 131 cm³/mol. The summed E-state index contributed by atoms with van der Waals surface area (Å²) in [6.45, 7) is 11.9. The van der Waals surface area contributed by atoms with Gasteiger partial charge in [-0.1, -0.05) is 43.4 Å². The maximum Gasteiger partial charge on any atom is 0.295 e. The average Bonchev–Trinajstić information content (AvgIpc) is 3.41. The Bertz CT molecular complexity index is 1230. The molecule has 32 heavy (non-hydrogen) atoms. The van der Waals surface area contributed by atoms with E-state index < -0.39 is 0 Å². The minimum atomic E-state index is -0.188. The Balaban J connectivity index is 1.72. The molecular weight excluding hydrogens is 422 g/mol. The standard InChI is InChI=1S/C25H29N3O3S/c1-5-27(6-2)13-14-28(25-26-19-12-11-17(4)15-22(19)32-25)24(29)21-16-18-9-8-10-20(30-7-3)23(18)31-21/h8-12,15-16H,5-7,13-14H2,1-4H3. The topological polar surface area (TPSA) is 58.8 Å². The van der Waals surface area contributed by atoms with Gasteiger partial charge in [0.05, 0.1) is 16.8 Å². The third kappa shape index (κ3) is 4.49. The number of carbonyl (C=O) groups is 1. The first kappa shape index (κ1) is 22.3. The van der Waals surface area contributed by atoms with Gasteiger partial charge in [0.1, 0.15) is 0 Å². The maximum absolute atomic E-state index is 13.7. The molecule has 4 aromatic rings. The second kappa shape index (κ2) is 9.71. The lowest BCUT2D eigenvalue weighted by atomic mass is 10.2. The van der Waals surface area contributed by atoms with Crippen molar-refractivity contribution in [2.45, 2.75) is 27.7 Å². The molecule has 0 atom stereocenters. The number of likely N-dealkylation sites (N-methyl/N-ethyl adjacent to an activating group) is 1. The summed E-state index contributed by atoms with van der Waals surface area (Å²) in [5, 5.41) is 1.54. The van der Waals surface area contributed by atoms with Crippen LogP contribution in [-0.4, -0.2) is 48.6 Å². The number of rotatable bonds is 9. The molecule has 2 heterocycles. The second-order valence-electron chi connectivity index (χ2n) is 7.67. The summed E-state index contributed by atoms with van der Waals surface area (Å²) in [6.07, 6.45) is 0. The summed E-state index contributed by atoms with van der Waals surface area (Å²) in [4.78, 5) is 22.5. The summed E-state index contributed by atoms with van der Waals surface area (Å²) >= 11 is 1.54. The van der Waals surface area contributed by atoms with Gasteiger partial charge >= 0.3 is 0 Å². The van der Waals surface area contributed by atoms with E-state index in [0.717, 1.165) is 35.2 Å². The normalized spacial score (nSPS) is 11.5. The number of aromatic nitrogens is 1. The minimum Gasteiger partial charge on any atom is -0.490 e. The molecule has 0 bridgehead atoms. The van der Waals surface area contributed by atoms with E-state index in [1.807, 2.05) is 37.3 Å². The van der Waals surface area contributed by atoms with Crippen LogP contribution in [0.5, 0.6) is 5.75 Å². The number of hydrogen-bond acceptors (Lipinski definition) is 6. The van der Waals surface area contributed by atoms with E-state index in [4.69, 9.17) is 14.1 Å². The Morgan fingerprint density at radius 2 is 1.91 bits per heavy atom. The molecule has 2 aromatic carbocycles. The molecule has 6 nitrogen and oxygen atoms in total. The molecule has 4 rings (SSSR count). The highest BCUT2D eigenvalue weighted by Gasteiger charge is 2.25. The molecule has 1 amide bonds. The molecule has 2 aromatic heterocycles. The number of furan rings is 1. The van der Waals surface area contributed by atoms with Crippen LogP contribution in [0, 0.1) is 6.92 Å². The van der Waals surface area contributed by atoms with E-state index in [1.54, 1.807) is 11.0 Å². The van der Waals surface area contributed by atoms with Crippen molar-refractivity contribution >= 4 is 43.6 Å². The lowest BCUT2D eigenvalue weighted by Gasteiger charge is -2.24. The maximum atomic E-state index is 13.7. The van der Waals surface area contributed by atoms with Crippen LogP contribution in [-0.2, 0) is 0 Å². The Labute approximate surface area is 192 Å². The molecule has 0 saturated heterocycles. The van der Waals surface area contributed by atoms with Crippen molar-refractivity contribution in [2.75, 3.05) is 37.7 Å². The summed E-state index contributed by atoms with van der Waals surface area (Å²) in [6, 6.07) is 13.7. The molecule has 0 unspecified atom stereocenters. The van der Waals surface area contributed by atoms with Gasteiger partial charge in [-0.3, -0.25) is 9.69 Å². The number of carbonyl (C=O) groups excluding carboxylic acids is 1. The number of hydrogen-bond donors (Lipinski definition) is 0. The zero-order valence-electron chi connectivity index (χ0n) is 19.1. The van der Waals surface area contributed by atoms with Crippen LogP contribution in [0.4, 0.5) is 5.13 Å². The van der Waals surface area contributed by atoms with Gasteiger partial charge in [0.2, 0.25) is 0 Å². The van der Waals surface area contributed by atoms with E-state index in [2.05, 4.69) is 31.7 Å². The Morgan fingerprint density at radius 1 is 1.09 bits per heavy atom. The Morgan fingerprint density at radius 3 is 2.66 bits per heavy atom. The number of aryl methyl sites for hydroxylation is 1. The summed E-state index contributed by atoms with van der Waals surface area (Å²) in [7, 11) is 0. The van der Waals surface area contributed by atoms with Crippen LogP contribution in [0.15, 0.2) is 46.9 Å². The van der Waals surface area contributed by atoms with Gasteiger partial charge < -0.3 is 14.1 Å².